The number of urea groups is 1. The van der Waals surface area contributed by atoms with Crippen LogP contribution in [0.4, 0.5) is 13.6 Å². The van der Waals surface area contributed by atoms with Crippen LogP contribution in [0, 0.1) is 11.6 Å². The average molecular weight is 337 g/mol. The zero-order chi connectivity index (χ0) is 17.1. The van der Waals surface area contributed by atoms with Gasteiger partial charge in [0.05, 0.1) is 19.7 Å². The van der Waals surface area contributed by atoms with Gasteiger partial charge in [-0.3, -0.25) is 4.68 Å². The van der Waals surface area contributed by atoms with Crippen molar-refractivity contribution in [2.75, 3.05) is 19.7 Å². The number of benzene rings is 1. The molecule has 1 aliphatic rings. The topological polar surface area (TPSA) is 72.3 Å². The van der Waals surface area contributed by atoms with E-state index in [-0.39, 0.29) is 19.1 Å². The third-order valence-electron chi connectivity index (χ3n) is 3.87. The van der Waals surface area contributed by atoms with Gasteiger partial charge in [-0.2, -0.15) is 5.10 Å². The van der Waals surface area contributed by atoms with Gasteiger partial charge in [0.1, 0.15) is 18.3 Å². The maximum Gasteiger partial charge on any atom is 0.317 e. The largest absolute Gasteiger partial charge is 0.370 e. The maximum atomic E-state index is 13.4. The van der Waals surface area contributed by atoms with Crippen LogP contribution in [-0.2, 0) is 18.3 Å². The van der Waals surface area contributed by atoms with Gasteiger partial charge in [0, 0.05) is 13.6 Å². The molecule has 2 amide bonds. The van der Waals surface area contributed by atoms with Crippen LogP contribution in [0.15, 0.2) is 24.5 Å². The predicted molar refractivity (Wildman–Crippen MR) is 79.9 cm³/mol. The van der Waals surface area contributed by atoms with Crippen molar-refractivity contribution < 1.29 is 18.3 Å². The summed E-state index contributed by atoms with van der Waals surface area (Å²) in [7, 11) is 1.74. The number of carbonyl (C=O) groups is 1. The summed E-state index contributed by atoms with van der Waals surface area (Å²) < 4.78 is 33.5. The second-order valence-electron chi connectivity index (χ2n) is 5.44. The highest BCUT2D eigenvalue weighted by Gasteiger charge is 2.26. The number of nitrogens with one attached hydrogen (secondary N) is 1. The molecule has 0 aliphatic carbocycles. The fraction of sp³-hybridized carbons (Fsp3) is 0.400. The highest BCUT2D eigenvalue weighted by molar-refractivity contribution is 5.74. The Bertz CT molecular complexity index is 736. The number of ether oxygens (including phenoxy) is 1. The van der Waals surface area contributed by atoms with E-state index in [0.29, 0.717) is 24.5 Å². The Morgan fingerprint density at radius 1 is 1.42 bits per heavy atom. The summed E-state index contributed by atoms with van der Waals surface area (Å²) >= 11 is 0. The number of rotatable bonds is 3. The minimum atomic E-state index is -0.931. The quantitative estimate of drug-likeness (QED) is 0.918. The Balaban J connectivity index is 1.61. The first kappa shape index (κ1) is 16.3. The summed E-state index contributed by atoms with van der Waals surface area (Å²) in [6, 6.07) is 3.35. The lowest BCUT2D eigenvalue weighted by Crippen LogP contribution is -2.47. The molecule has 1 atom stereocenters. The Hall–Kier alpha value is -2.55. The Morgan fingerprint density at radius 2 is 2.25 bits per heavy atom. The minimum Gasteiger partial charge on any atom is -0.370 e. The molecular formula is C15H17F2N5O2. The first-order chi connectivity index (χ1) is 11.5. The number of nitrogens with zero attached hydrogens (tertiary/aromatic N) is 4. The Labute approximate surface area is 137 Å². The van der Waals surface area contributed by atoms with E-state index in [4.69, 9.17) is 4.74 Å². The zero-order valence-electron chi connectivity index (χ0n) is 13.1. The van der Waals surface area contributed by atoms with Crippen molar-refractivity contribution in [3.05, 3.63) is 47.5 Å². The molecule has 1 fully saturated rings. The number of halogens is 2. The number of aromatic nitrogens is 3. The van der Waals surface area contributed by atoms with Gasteiger partial charge in [0.25, 0.3) is 0 Å². The van der Waals surface area contributed by atoms with E-state index in [2.05, 4.69) is 15.4 Å². The fourth-order valence-corrected chi connectivity index (χ4v) is 2.49. The lowest BCUT2D eigenvalue weighted by atomic mass is 10.1. The van der Waals surface area contributed by atoms with E-state index in [1.165, 1.54) is 12.4 Å². The number of carbonyl (C=O) groups excluding carboxylic acids is 1. The summed E-state index contributed by atoms with van der Waals surface area (Å²) in [5.41, 5.74) is 0.500. The van der Waals surface area contributed by atoms with Crippen LogP contribution >= 0.6 is 0 Å². The van der Waals surface area contributed by atoms with Crippen LogP contribution in [0.1, 0.15) is 17.5 Å². The third kappa shape index (κ3) is 3.51. The summed E-state index contributed by atoms with van der Waals surface area (Å²) in [6.45, 7) is 1.25. The Morgan fingerprint density at radius 3 is 2.96 bits per heavy atom. The van der Waals surface area contributed by atoms with Gasteiger partial charge in [-0.25, -0.2) is 18.6 Å². The van der Waals surface area contributed by atoms with Gasteiger partial charge in [0.2, 0.25) is 0 Å². The van der Waals surface area contributed by atoms with Crippen LogP contribution in [-0.4, -0.2) is 45.4 Å². The maximum absolute atomic E-state index is 13.4. The normalized spacial score (nSPS) is 17.8. The van der Waals surface area contributed by atoms with Gasteiger partial charge in [0.15, 0.2) is 11.6 Å². The highest BCUT2D eigenvalue weighted by atomic mass is 19.2. The molecule has 0 spiro atoms. The molecule has 0 radical (unpaired) electrons. The first-order valence-corrected chi connectivity index (χ1v) is 7.47. The van der Waals surface area contributed by atoms with Crippen molar-refractivity contribution in [2.45, 2.75) is 12.6 Å². The molecule has 7 nitrogen and oxygen atoms in total. The van der Waals surface area contributed by atoms with Gasteiger partial charge in [-0.05, 0) is 17.7 Å². The van der Waals surface area contributed by atoms with Gasteiger partial charge >= 0.3 is 6.03 Å². The number of amides is 2. The molecular weight excluding hydrogens is 320 g/mol. The lowest BCUT2D eigenvalue weighted by molar-refractivity contribution is -0.0156. The van der Waals surface area contributed by atoms with Crippen LogP contribution in [0.3, 0.4) is 0 Å². The SMILES string of the molecule is Cn1ncnc1CNC(=O)N1CCOC(c2ccc(F)c(F)c2)C1. The van der Waals surface area contributed by atoms with Crippen molar-refractivity contribution in [3.8, 4) is 0 Å². The van der Waals surface area contributed by atoms with Crippen LogP contribution < -0.4 is 5.32 Å². The third-order valence-corrected chi connectivity index (χ3v) is 3.87. The number of aryl methyl sites for hydroxylation is 1. The summed E-state index contributed by atoms with van der Waals surface area (Å²) in [5.74, 6) is -1.21. The van der Waals surface area contributed by atoms with E-state index in [0.717, 1.165) is 12.1 Å². The first-order valence-electron chi connectivity index (χ1n) is 7.47. The number of morpholine rings is 1. The van der Waals surface area contributed by atoms with E-state index < -0.39 is 17.7 Å². The molecule has 128 valence electrons. The molecule has 2 heterocycles. The number of hydrogen-bond acceptors (Lipinski definition) is 4. The molecule has 2 aromatic rings. The molecule has 1 N–H and O–H groups in total. The molecule has 1 aliphatic heterocycles. The highest BCUT2D eigenvalue weighted by Crippen LogP contribution is 2.23. The summed E-state index contributed by atoms with van der Waals surface area (Å²) in [6.07, 6.45) is 0.921. The van der Waals surface area contributed by atoms with Crippen molar-refractivity contribution in [1.29, 1.82) is 0 Å². The monoisotopic (exact) mass is 337 g/mol. The van der Waals surface area contributed by atoms with Crippen molar-refractivity contribution >= 4 is 6.03 Å². The van der Waals surface area contributed by atoms with Crippen molar-refractivity contribution in [3.63, 3.8) is 0 Å². The lowest BCUT2D eigenvalue weighted by Gasteiger charge is -2.33. The molecule has 1 saturated heterocycles. The fourth-order valence-electron chi connectivity index (χ4n) is 2.49. The van der Waals surface area contributed by atoms with Crippen molar-refractivity contribution in [1.82, 2.24) is 25.0 Å². The zero-order valence-corrected chi connectivity index (χ0v) is 13.1. The van der Waals surface area contributed by atoms with E-state index in [1.54, 1.807) is 16.6 Å². The summed E-state index contributed by atoms with van der Waals surface area (Å²) in [5, 5.41) is 6.69. The molecule has 9 heteroatoms. The molecule has 1 unspecified atom stereocenters. The smallest absolute Gasteiger partial charge is 0.317 e. The van der Waals surface area contributed by atoms with Gasteiger partial charge < -0.3 is 15.0 Å². The van der Waals surface area contributed by atoms with Crippen LogP contribution in [0.2, 0.25) is 0 Å². The number of hydrogen-bond donors (Lipinski definition) is 1. The molecule has 0 saturated carbocycles. The molecule has 24 heavy (non-hydrogen) atoms. The van der Waals surface area contributed by atoms with E-state index in [9.17, 15) is 13.6 Å². The molecule has 0 bridgehead atoms. The van der Waals surface area contributed by atoms with Crippen molar-refractivity contribution in [2.24, 2.45) is 7.05 Å². The van der Waals surface area contributed by atoms with Crippen LogP contribution in [0.5, 0.6) is 0 Å². The second kappa shape index (κ2) is 6.91. The molecule has 1 aromatic carbocycles. The van der Waals surface area contributed by atoms with Crippen LogP contribution in [0.25, 0.3) is 0 Å². The molecule has 3 rings (SSSR count). The van der Waals surface area contributed by atoms with Gasteiger partial charge in [-0.15, -0.1) is 0 Å². The average Bonchev–Trinajstić information content (AvgIpc) is 3.00. The van der Waals surface area contributed by atoms with E-state index >= 15 is 0 Å². The van der Waals surface area contributed by atoms with E-state index in [1.807, 2.05) is 0 Å². The standard InChI is InChI=1S/C15H17F2N5O2/c1-21-14(19-9-20-21)7-18-15(23)22-4-5-24-13(8-22)10-2-3-11(16)12(17)6-10/h2-3,6,9,13H,4-5,7-8H2,1H3,(H,18,23). The van der Waals surface area contributed by atoms with Gasteiger partial charge in [-0.1, -0.05) is 6.07 Å². The molecule has 1 aromatic heterocycles. The second-order valence-corrected chi connectivity index (χ2v) is 5.44. The summed E-state index contributed by atoms with van der Waals surface area (Å²) in [4.78, 5) is 17.9. The Kier molecular flexibility index (Phi) is 4.70. The minimum absolute atomic E-state index is 0.253. The predicted octanol–water partition coefficient (Wildman–Crippen LogP) is 1.38.